The predicted octanol–water partition coefficient (Wildman–Crippen LogP) is 21.4. The van der Waals surface area contributed by atoms with Crippen LogP contribution >= 0.6 is 0 Å². The Labute approximate surface area is 559 Å². The molecule has 452 valence electrons. The molecule has 98 heavy (non-hydrogen) atoms. The maximum Gasteiger partial charge on any atom is 0.0982 e. The molecule has 0 saturated heterocycles. The summed E-state index contributed by atoms with van der Waals surface area (Å²) in [6.07, 6.45) is 27.1. The molecule has 4 aliphatic rings. The normalized spacial score (nSPS) is 16.4. The molecule has 2 atom stereocenters. The van der Waals surface area contributed by atoms with Gasteiger partial charge in [-0.1, -0.05) is 249 Å². The Hall–Kier alpha value is -12.8. The SMILES string of the molecule is C=C/C=C(/c1cccc(-c2nc3c(nc2-c2ccccc2)c2c4c(c5nc(/C=C6\C=CC=C6C)c(C6C=CC=CC6)nc5c5cccc3c45)C3=CC3C=2)c1)c1cc2nc3c4cccc5c6nc7c8ccccc8c8ccccc8c7nc6c6cccc(c3nc2c2ccccc12)c6c45. The number of rotatable bonds is 7. The van der Waals surface area contributed by atoms with Gasteiger partial charge in [-0.3, -0.25) is 0 Å². The Morgan fingerprint density at radius 3 is 1.60 bits per heavy atom. The maximum atomic E-state index is 5.92. The molecule has 0 bridgehead atoms. The Kier molecular flexibility index (Phi) is 10.9. The second-order valence-electron chi connectivity index (χ2n) is 26.7. The Morgan fingerprint density at radius 1 is 0.439 bits per heavy atom. The molecule has 0 aliphatic heterocycles. The first-order chi connectivity index (χ1) is 48.5. The molecule has 0 N–H and O–H groups in total. The van der Waals surface area contributed by atoms with Crippen LogP contribution in [0, 0.1) is 5.92 Å². The Bertz CT molecular complexity index is 7110. The highest BCUT2D eigenvalue weighted by molar-refractivity contribution is 6.40. The van der Waals surface area contributed by atoms with E-state index in [0.29, 0.717) is 0 Å². The molecular formula is C90H52N8. The van der Waals surface area contributed by atoms with Gasteiger partial charge in [-0.05, 0) is 81.1 Å². The summed E-state index contributed by atoms with van der Waals surface area (Å²) in [4.78, 5) is 46.0. The van der Waals surface area contributed by atoms with E-state index in [1.54, 1.807) is 0 Å². The molecule has 8 heteroatoms. The van der Waals surface area contributed by atoms with Crippen molar-refractivity contribution < 1.29 is 0 Å². The van der Waals surface area contributed by atoms with Crippen molar-refractivity contribution in [3.05, 3.63) is 300 Å². The Morgan fingerprint density at radius 2 is 0.969 bits per heavy atom. The molecular weight excluding hydrogens is 1190 g/mol. The summed E-state index contributed by atoms with van der Waals surface area (Å²) in [5, 5.41) is 18.5. The first-order valence-electron chi connectivity index (χ1n) is 33.7. The summed E-state index contributed by atoms with van der Waals surface area (Å²) in [5.41, 5.74) is 23.7. The monoisotopic (exact) mass is 1240 g/mol. The third-order valence-corrected chi connectivity index (χ3v) is 21.3. The summed E-state index contributed by atoms with van der Waals surface area (Å²) in [6, 6.07) is 67.1. The summed E-state index contributed by atoms with van der Waals surface area (Å²) >= 11 is 0. The quantitative estimate of drug-likeness (QED) is 0.0883. The van der Waals surface area contributed by atoms with Gasteiger partial charge in [0.25, 0.3) is 0 Å². The molecule has 22 rings (SSSR count). The zero-order valence-corrected chi connectivity index (χ0v) is 53.0. The van der Waals surface area contributed by atoms with Crippen LogP contribution in [0.15, 0.2) is 267 Å². The number of nitrogens with zero attached hydrogens (tertiary/aromatic N) is 8. The zero-order chi connectivity index (χ0) is 64.2. The van der Waals surface area contributed by atoms with Crippen molar-refractivity contribution in [1.82, 2.24) is 39.9 Å². The standard InChI is InChI=1S/C90H52N8/c1-3-21-54(68-46-71-80(58-33-13-12-32-57(58)68)96-84-62-37-19-39-64-73(62)72-61(83(84)91-71)36-18-38-63(72)85-86(64)98-82-60-35-15-11-31-56(60)55-30-10-14-34-59(55)81(82)97-85)51-28-17-29-52(42-51)79-78(49-25-8-5-9-26-49)94-89-69-44-53-43-67(53)76-75(69)74-65(87(89)95-79)40-20-41-66(74)88-90(76)92-70(45-50-27-16-22-47(50)2)77(93-88)48-23-6-4-7-24-48/h3-23,25-46,48,53H,1,24H2,2H3/b50-45+,54-21-. The van der Waals surface area contributed by atoms with Gasteiger partial charge in [-0.2, -0.15) is 0 Å². The smallest absolute Gasteiger partial charge is 0.0982 e. The highest BCUT2D eigenvalue weighted by Gasteiger charge is 2.36. The van der Waals surface area contributed by atoms with Crippen LogP contribution in [0.5, 0.6) is 0 Å². The summed E-state index contributed by atoms with van der Waals surface area (Å²) in [5.74, 6) is 0.244. The Balaban J connectivity index is 0.746. The fourth-order valence-corrected chi connectivity index (χ4v) is 16.9. The van der Waals surface area contributed by atoms with Crippen LogP contribution in [0.25, 0.3) is 198 Å². The zero-order valence-electron chi connectivity index (χ0n) is 53.0. The van der Waals surface area contributed by atoms with Crippen molar-refractivity contribution in [2.75, 3.05) is 0 Å². The van der Waals surface area contributed by atoms with Crippen LogP contribution in [0.1, 0.15) is 47.3 Å². The minimum atomic E-state index is 0.0850. The maximum absolute atomic E-state index is 5.92. The first kappa shape index (κ1) is 53.6. The fraction of sp³-hybridized carbons (Fsp3) is 0.0444. The molecule has 8 nitrogen and oxygen atoms in total. The van der Waals surface area contributed by atoms with Gasteiger partial charge in [0.2, 0.25) is 0 Å². The molecule has 4 heterocycles. The lowest BCUT2D eigenvalue weighted by Gasteiger charge is -2.22. The average molecular weight is 1250 g/mol. The number of hydrogen-bond acceptors (Lipinski definition) is 8. The highest BCUT2D eigenvalue weighted by Crippen LogP contribution is 2.52. The van der Waals surface area contributed by atoms with E-state index in [1.807, 2.05) is 6.08 Å². The van der Waals surface area contributed by atoms with E-state index in [0.717, 1.165) is 210 Å². The lowest BCUT2D eigenvalue weighted by molar-refractivity contribution is 0.811. The summed E-state index contributed by atoms with van der Waals surface area (Å²) in [6.45, 7) is 6.51. The molecule has 4 aliphatic carbocycles. The van der Waals surface area contributed by atoms with Gasteiger partial charge < -0.3 is 0 Å². The van der Waals surface area contributed by atoms with Crippen molar-refractivity contribution >= 4 is 176 Å². The molecule has 4 aromatic heterocycles. The lowest BCUT2D eigenvalue weighted by Crippen LogP contribution is -2.16. The molecule has 0 spiro atoms. The minimum Gasteiger partial charge on any atom is -0.248 e. The number of aromatic nitrogens is 8. The van der Waals surface area contributed by atoms with E-state index in [-0.39, 0.29) is 11.8 Å². The minimum absolute atomic E-state index is 0.0850. The van der Waals surface area contributed by atoms with Crippen molar-refractivity contribution in [1.29, 1.82) is 0 Å². The van der Waals surface area contributed by atoms with E-state index < -0.39 is 0 Å². The van der Waals surface area contributed by atoms with E-state index in [4.69, 9.17) is 39.9 Å². The van der Waals surface area contributed by atoms with Gasteiger partial charge in [0, 0.05) is 104 Å². The molecule has 18 aromatic rings. The third-order valence-electron chi connectivity index (χ3n) is 21.3. The highest BCUT2D eigenvalue weighted by atomic mass is 14.9. The third kappa shape index (κ3) is 7.43. The number of fused-ring (bicyclic) bond motifs is 23. The van der Waals surface area contributed by atoms with Gasteiger partial charge >= 0.3 is 0 Å². The van der Waals surface area contributed by atoms with E-state index in [1.165, 1.54) is 27.3 Å². The van der Waals surface area contributed by atoms with Crippen LogP contribution in [-0.4, -0.2) is 39.9 Å². The van der Waals surface area contributed by atoms with Crippen LogP contribution in [-0.2, 0) is 0 Å². The molecule has 14 aromatic carbocycles. The molecule has 2 unspecified atom stereocenters. The second kappa shape index (κ2) is 19.9. The summed E-state index contributed by atoms with van der Waals surface area (Å²) < 4.78 is 0. The number of benzene rings is 14. The van der Waals surface area contributed by atoms with Crippen LogP contribution in [0.3, 0.4) is 0 Å². The van der Waals surface area contributed by atoms with Crippen molar-refractivity contribution in [3.8, 4) is 22.5 Å². The predicted molar refractivity (Wildman–Crippen MR) is 407 cm³/mol. The second-order valence-corrected chi connectivity index (χ2v) is 26.7. The fourth-order valence-electron chi connectivity index (χ4n) is 16.9. The van der Waals surface area contributed by atoms with Gasteiger partial charge in [0.05, 0.1) is 89.0 Å². The van der Waals surface area contributed by atoms with E-state index in [2.05, 4.69) is 268 Å². The molecule has 0 fully saturated rings. The molecule has 0 amide bonds. The molecule has 0 saturated carbocycles. The van der Waals surface area contributed by atoms with Crippen molar-refractivity contribution in [3.63, 3.8) is 0 Å². The topological polar surface area (TPSA) is 103 Å². The number of allylic oxidation sites excluding steroid dienone is 13. The average Bonchev–Trinajstić information content (AvgIpc) is 1.28. The van der Waals surface area contributed by atoms with Gasteiger partial charge in [0.15, 0.2) is 0 Å². The van der Waals surface area contributed by atoms with Crippen LogP contribution < -0.4 is 5.22 Å². The first-order valence-corrected chi connectivity index (χ1v) is 33.7. The van der Waals surface area contributed by atoms with Gasteiger partial charge in [-0.15, -0.1) is 0 Å². The van der Waals surface area contributed by atoms with Gasteiger partial charge in [-0.25, -0.2) is 39.9 Å². The van der Waals surface area contributed by atoms with E-state index in [9.17, 15) is 0 Å². The van der Waals surface area contributed by atoms with Crippen LogP contribution in [0.4, 0.5) is 0 Å². The van der Waals surface area contributed by atoms with Crippen molar-refractivity contribution in [2.45, 2.75) is 19.3 Å². The van der Waals surface area contributed by atoms with Gasteiger partial charge in [0.1, 0.15) is 0 Å². The van der Waals surface area contributed by atoms with E-state index >= 15 is 0 Å². The summed E-state index contributed by atoms with van der Waals surface area (Å²) in [7, 11) is 0. The van der Waals surface area contributed by atoms with Crippen molar-refractivity contribution in [2.24, 2.45) is 5.92 Å². The van der Waals surface area contributed by atoms with Crippen LogP contribution in [0.2, 0.25) is 0 Å². The largest absolute Gasteiger partial charge is 0.248 e. The molecule has 0 radical (unpaired) electrons. The lowest BCUT2D eigenvalue weighted by atomic mass is 9.86. The number of hydrogen-bond donors (Lipinski definition) is 0.